The Morgan fingerprint density at radius 2 is 2.15 bits per heavy atom. The third-order valence-electron chi connectivity index (χ3n) is 3.33. The molecule has 0 fully saturated rings. The Balaban J connectivity index is 2.02. The van der Waals surface area contributed by atoms with Crippen molar-refractivity contribution < 1.29 is 4.74 Å². The van der Waals surface area contributed by atoms with E-state index in [0.717, 1.165) is 23.4 Å². The smallest absolute Gasteiger partial charge is 0.122 e. The summed E-state index contributed by atoms with van der Waals surface area (Å²) in [7, 11) is 0. The first-order chi connectivity index (χ1) is 9.70. The van der Waals surface area contributed by atoms with Crippen molar-refractivity contribution in [3.8, 4) is 5.75 Å². The van der Waals surface area contributed by atoms with Crippen LogP contribution in [0.2, 0.25) is 0 Å². The molecule has 2 rings (SSSR count). The molecule has 0 saturated carbocycles. The molecule has 1 aromatic heterocycles. The van der Waals surface area contributed by atoms with E-state index in [-0.39, 0.29) is 0 Å². The molecule has 1 aromatic carbocycles. The number of nitrogens with zero attached hydrogens (tertiary/aromatic N) is 1. The van der Waals surface area contributed by atoms with Gasteiger partial charge in [-0.15, -0.1) is 0 Å². The molecule has 0 bridgehead atoms. The number of hydrogen-bond donors (Lipinski definition) is 1. The molecule has 3 nitrogen and oxygen atoms in total. The van der Waals surface area contributed by atoms with Crippen molar-refractivity contribution in [2.75, 3.05) is 6.54 Å². The summed E-state index contributed by atoms with van der Waals surface area (Å²) in [4.78, 5) is 4.09. The summed E-state index contributed by atoms with van der Waals surface area (Å²) in [5.74, 6) is 0.932. The lowest BCUT2D eigenvalue weighted by Crippen LogP contribution is -2.17. The summed E-state index contributed by atoms with van der Waals surface area (Å²) < 4.78 is 5.86. The molecular formula is C17H22N2O. The van der Waals surface area contributed by atoms with Crippen LogP contribution in [0.3, 0.4) is 0 Å². The molecule has 0 aliphatic carbocycles. The molecule has 3 heteroatoms. The fourth-order valence-corrected chi connectivity index (χ4v) is 2.17. The third kappa shape index (κ3) is 3.81. The van der Waals surface area contributed by atoms with Gasteiger partial charge in [0.25, 0.3) is 0 Å². The second-order valence-electron chi connectivity index (χ2n) is 4.95. The first-order valence-corrected chi connectivity index (χ1v) is 7.06. The van der Waals surface area contributed by atoms with Crippen LogP contribution in [0, 0.1) is 6.92 Å². The van der Waals surface area contributed by atoms with Crippen LogP contribution in [-0.2, 0) is 6.61 Å². The topological polar surface area (TPSA) is 34.1 Å². The summed E-state index contributed by atoms with van der Waals surface area (Å²) in [6.45, 7) is 7.90. The van der Waals surface area contributed by atoms with Crippen LogP contribution in [0.25, 0.3) is 0 Å². The lowest BCUT2D eigenvalue weighted by atomic mass is 10.1. The number of aryl methyl sites for hydroxylation is 1. The van der Waals surface area contributed by atoms with Gasteiger partial charge in [-0.1, -0.05) is 25.1 Å². The van der Waals surface area contributed by atoms with Crippen LogP contribution < -0.4 is 10.1 Å². The van der Waals surface area contributed by atoms with Crippen LogP contribution in [0.4, 0.5) is 0 Å². The molecule has 0 saturated heterocycles. The van der Waals surface area contributed by atoms with Gasteiger partial charge in [-0.05, 0) is 43.7 Å². The van der Waals surface area contributed by atoms with Gasteiger partial charge in [0.15, 0.2) is 0 Å². The van der Waals surface area contributed by atoms with Crippen molar-refractivity contribution in [3.05, 3.63) is 59.4 Å². The van der Waals surface area contributed by atoms with Crippen molar-refractivity contribution in [1.82, 2.24) is 10.3 Å². The highest BCUT2D eigenvalue weighted by Gasteiger charge is 2.07. The molecule has 0 aliphatic rings. The van der Waals surface area contributed by atoms with E-state index in [1.165, 1.54) is 5.56 Å². The standard InChI is InChI=1S/C17H22N2O/c1-4-19-14(3)16-7-8-17(13(2)10-16)20-12-15-6-5-9-18-11-15/h5-11,14,19H,4,12H2,1-3H3. The Bertz CT molecular complexity index is 540. The summed E-state index contributed by atoms with van der Waals surface area (Å²) >= 11 is 0. The molecule has 1 atom stereocenters. The van der Waals surface area contributed by atoms with E-state index in [1.54, 1.807) is 6.20 Å². The fraction of sp³-hybridized carbons (Fsp3) is 0.353. The van der Waals surface area contributed by atoms with Gasteiger partial charge in [0.2, 0.25) is 0 Å². The highest BCUT2D eigenvalue weighted by Crippen LogP contribution is 2.23. The monoisotopic (exact) mass is 270 g/mol. The Morgan fingerprint density at radius 3 is 2.80 bits per heavy atom. The molecule has 1 unspecified atom stereocenters. The van der Waals surface area contributed by atoms with Crippen LogP contribution in [-0.4, -0.2) is 11.5 Å². The van der Waals surface area contributed by atoms with Crippen LogP contribution >= 0.6 is 0 Å². The second kappa shape index (κ2) is 7.06. The zero-order valence-corrected chi connectivity index (χ0v) is 12.4. The maximum absolute atomic E-state index is 5.86. The van der Waals surface area contributed by atoms with Gasteiger partial charge in [0, 0.05) is 24.0 Å². The lowest BCUT2D eigenvalue weighted by Gasteiger charge is -2.15. The average molecular weight is 270 g/mol. The maximum Gasteiger partial charge on any atom is 0.122 e. The second-order valence-corrected chi connectivity index (χ2v) is 4.95. The summed E-state index contributed by atoms with van der Waals surface area (Å²) in [5, 5.41) is 3.42. The van der Waals surface area contributed by atoms with Gasteiger partial charge in [-0.3, -0.25) is 4.98 Å². The predicted molar refractivity (Wildman–Crippen MR) is 81.8 cm³/mol. The number of benzene rings is 1. The molecule has 0 radical (unpaired) electrons. The number of nitrogens with one attached hydrogen (secondary N) is 1. The van der Waals surface area contributed by atoms with Crippen molar-refractivity contribution in [1.29, 1.82) is 0 Å². The maximum atomic E-state index is 5.86. The van der Waals surface area contributed by atoms with E-state index in [2.05, 4.69) is 49.3 Å². The molecule has 1 N–H and O–H groups in total. The average Bonchev–Trinajstić information content (AvgIpc) is 2.47. The molecule has 2 aromatic rings. The Labute approximate surface area is 121 Å². The Kier molecular flexibility index (Phi) is 5.13. The Morgan fingerprint density at radius 1 is 1.30 bits per heavy atom. The number of hydrogen-bond acceptors (Lipinski definition) is 3. The fourth-order valence-electron chi connectivity index (χ4n) is 2.17. The van der Waals surface area contributed by atoms with E-state index in [1.807, 2.05) is 18.3 Å². The quantitative estimate of drug-likeness (QED) is 0.870. The number of rotatable bonds is 6. The first kappa shape index (κ1) is 14.5. The molecule has 0 amide bonds. The number of pyridine rings is 1. The van der Waals surface area contributed by atoms with E-state index in [0.29, 0.717) is 12.6 Å². The summed E-state index contributed by atoms with van der Waals surface area (Å²) in [6.07, 6.45) is 3.60. The highest BCUT2D eigenvalue weighted by atomic mass is 16.5. The molecular weight excluding hydrogens is 248 g/mol. The van der Waals surface area contributed by atoms with Gasteiger partial charge in [-0.25, -0.2) is 0 Å². The van der Waals surface area contributed by atoms with E-state index in [9.17, 15) is 0 Å². The van der Waals surface area contributed by atoms with E-state index < -0.39 is 0 Å². The summed E-state index contributed by atoms with van der Waals surface area (Å²) in [6, 6.07) is 10.7. The van der Waals surface area contributed by atoms with Crippen molar-refractivity contribution >= 4 is 0 Å². The van der Waals surface area contributed by atoms with Gasteiger partial charge in [-0.2, -0.15) is 0 Å². The molecule has 0 aliphatic heterocycles. The molecule has 0 spiro atoms. The molecule has 1 heterocycles. The van der Waals surface area contributed by atoms with E-state index >= 15 is 0 Å². The minimum Gasteiger partial charge on any atom is -0.489 e. The lowest BCUT2D eigenvalue weighted by molar-refractivity contribution is 0.303. The van der Waals surface area contributed by atoms with Crippen molar-refractivity contribution in [2.45, 2.75) is 33.4 Å². The minimum atomic E-state index is 0.367. The normalized spacial score (nSPS) is 12.2. The molecule has 20 heavy (non-hydrogen) atoms. The minimum absolute atomic E-state index is 0.367. The van der Waals surface area contributed by atoms with Gasteiger partial charge in [0.1, 0.15) is 12.4 Å². The predicted octanol–water partition coefficient (Wildman–Crippen LogP) is 3.64. The highest BCUT2D eigenvalue weighted by molar-refractivity contribution is 5.37. The van der Waals surface area contributed by atoms with Crippen molar-refractivity contribution in [2.24, 2.45) is 0 Å². The SMILES string of the molecule is CCNC(C)c1ccc(OCc2cccnc2)c(C)c1. The Hall–Kier alpha value is -1.87. The van der Waals surface area contributed by atoms with Gasteiger partial charge in [0.05, 0.1) is 0 Å². The van der Waals surface area contributed by atoms with Gasteiger partial charge < -0.3 is 10.1 Å². The zero-order valence-electron chi connectivity index (χ0n) is 12.4. The molecule has 106 valence electrons. The van der Waals surface area contributed by atoms with Crippen LogP contribution in [0.15, 0.2) is 42.7 Å². The van der Waals surface area contributed by atoms with E-state index in [4.69, 9.17) is 4.74 Å². The first-order valence-electron chi connectivity index (χ1n) is 7.06. The third-order valence-corrected chi connectivity index (χ3v) is 3.33. The summed E-state index contributed by atoms with van der Waals surface area (Å²) in [5.41, 5.74) is 3.53. The largest absolute Gasteiger partial charge is 0.489 e. The van der Waals surface area contributed by atoms with Gasteiger partial charge >= 0.3 is 0 Å². The van der Waals surface area contributed by atoms with Crippen LogP contribution in [0.5, 0.6) is 5.75 Å². The number of ether oxygens (including phenoxy) is 1. The van der Waals surface area contributed by atoms with Crippen molar-refractivity contribution in [3.63, 3.8) is 0 Å². The number of aromatic nitrogens is 1. The van der Waals surface area contributed by atoms with Crippen LogP contribution in [0.1, 0.15) is 36.6 Å². The zero-order chi connectivity index (χ0) is 14.4.